The minimum Gasteiger partial charge on any atom is -0.389 e. The molecule has 1 unspecified atom stereocenters. The van der Waals surface area contributed by atoms with Crippen molar-refractivity contribution in [3.63, 3.8) is 0 Å². The van der Waals surface area contributed by atoms with E-state index in [-0.39, 0.29) is 5.82 Å². The molecule has 1 N–H and O–H groups in total. The molecule has 0 saturated heterocycles. The normalized spacial score (nSPS) is 12.4. The summed E-state index contributed by atoms with van der Waals surface area (Å²) in [4.78, 5) is 1.15. The molecular weight excluding hydrogens is 259 g/mol. The average Bonchev–Trinajstić information content (AvgIpc) is 2.38. The fourth-order valence-corrected chi connectivity index (χ4v) is 2.80. The molecule has 1 nitrogen and oxygen atoms in total. The first-order valence-electron chi connectivity index (χ1n) is 6.22. The number of hydrogen-bond acceptors (Lipinski definition) is 2. The van der Waals surface area contributed by atoms with Crippen LogP contribution < -0.4 is 0 Å². The molecule has 1 atom stereocenters. The molecule has 0 spiro atoms. The summed E-state index contributed by atoms with van der Waals surface area (Å²) in [7, 11) is 0. The molecule has 2 aromatic carbocycles. The average molecular weight is 276 g/mol. The lowest BCUT2D eigenvalue weighted by molar-refractivity contribution is 0.199. The summed E-state index contributed by atoms with van der Waals surface area (Å²) in [5, 5.41) is 9.44. The predicted octanol–water partition coefficient (Wildman–Crippen LogP) is 4.48. The van der Waals surface area contributed by atoms with Crippen LogP contribution in [-0.2, 0) is 5.75 Å². The third-order valence-corrected chi connectivity index (χ3v) is 4.12. The molecule has 19 heavy (non-hydrogen) atoms. The first-order valence-corrected chi connectivity index (χ1v) is 7.20. The standard InChI is InChI=1S/C16H17FOS/c1-11-9-15(17)6-3-14(11)10-19-16-7-4-13(5-8-16)12(2)18/h3-9,12,18H,10H2,1-2H3. The molecular formula is C16H17FOS. The van der Waals surface area contributed by atoms with Crippen LogP contribution in [0.4, 0.5) is 4.39 Å². The van der Waals surface area contributed by atoms with Crippen molar-refractivity contribution in [2.45, 2.75) is 30.6 Å². The molecule has 3 heteroatoms. The van der Waals surface area contributed by atoms with Crippen LogP contribution in [0.2, 0.25) is 0 Å². The van der Waals surface area contributed by atoms with Crippen LogP contribution in [0.1, 0.15) is 29.7 Å². The Balaban J connectivity index is 2.02. The lowest BCUT2D eigenvalue weighted by Gasteiger charge is -2.08. The maximum atomic E-state index is 13.0. The van der Waals surface area contributed by atoms with Crippen molar-refractivity contribution >= 4 is 11.8 Å². The molecule has 100 valence electrons. The predicted molar refractivity (Wildman–Crippen MR) is 77.8 cm³/mol. The molecule has 0 fully saturated rings. The Hall–Kier alpha value is -1.32. The molecule has 0 radical (unpaired) electrons. The maximum absolute atomic E-state index is 13.0. The van der Waals surface area contributed by atoms with Crippen LogP contribution in [0, 0.1) is 12.7 Å². The van der Waals surface area contributed by atoms with Crippen LogP contribution in [-0.4, -0.2) is 5.11 Å². The van der Waals surface area contributed by atoms with Gasteiger partial charge in [0, 0.05) is 10.6 Å². The highest BCUT2D eigenvalue weighted by molar-refractivity contribution is 7.98. The highest BCUT2D eigenvalue weighted by Crippen LogP contribution is 2.26. The molecule has 0 aliphatic heterocycles. The third kappa shape index (κ3) is 3.82. The van der Waals surface area contributed by atoms with E-state index in [0.29, 0.717) is 0 Å². The smallest absolute Gasteiger partial charge is 0.123 e. The van der Waals surface area contributed by atoms with Crippen LogP contribution in [0.5, 0.6) is 0 Å². The number of halogens is 1. The number of benzene rings is 2. The molecule has 0 saturated carbocycles. The van der Waals surface area contributed by atoms with Crippen LogP contribution in [0.25, 0.3) is 0 Å². The monoisotopic (exact) mass is 276 g/mol. The summed E-state index contributed by atoms with van der Waals surface area (Å²) in [6.45, 7) is 3.68. The highest BCUT2D eigenvalue weighted by atomic mass is 32.2. The molecule has 0 amide bonds. The van der Waals surface area contributed by atoms with Gasteiger partial charge in [0.2, 0.25) is 0 Å². The van der Waals surface area contributed by atoms with Gasteiger partial charge in [-0.05, 0) is 54.8 Å². The number of rotatable bonds is 4. The van der Waals surface area contributed by atoms with E-state index in [2.05, 4.69) is 0 Å². The second kappa shape index (κ2) is 6.22. The van der Waals surface area contributed by atoms with E-state index in [1.165, 1.54) is 6.07 Å². The summed E-state index contributed by atoms with van der Waals surface area (Å²) in [5.74, 6) is 0.632. The van der Waals surface area contributed by atoms with E-state index in [0.717, 1.165) is 27.3 Å². The summed E-state index contributed by atoms with van der Waals surface area (Å²) < 4.78 is 13.0. The van der Waals surface area contributed by atoms with E-state index < -0.39 is 6.10 Å². The second-order valence-electron chi connectivity index (χ2n) is 4.60. The Bertz CT molecular complexity index is 549. The van der Waals surface area contributed by atoms with E-state index >= 15 is 0 Å². The van der Waals surface area contributed by atoms with Crippen molar-refractivity contribution in [3.05, 3.63) is 65.0 Å². The van der Waals surface area contributed by atoms with Crippen LogP contribution >= 0.6 is 11.8 Å². The van der Waals surface area contributed by atoms with Crippen molar-refractivity contribution in [2.24, 2.45) is 0 Å². The zero-order chi connectivity index (χ0) is 13.8. The van der Waals surface area contributed by atoms with Crippen LogP contribution in [0.15, 0.2) is 47.4 Å². The lowest BCUT2D eigenvalue weighted by Crippen LogP contribution is -1.90. The number of aryl methyl sites for hydroxylation is 1. The number of thioether (sulfide) groups is 1. The van der Waals surface area contributed by atoms with Gasteiger partial charge >= 0.3 is 0 Å². The van der Waals surface area contributed by atoms with Crippen LogP contribution in [0.3, 0.4) is 0 Å². The highest BCUT2D eigenvalue weighted by Gasteiger charge is 2.03. The van der Waals surface area contributed by atoms with Gasteiger partial charge in [-0.15, -0.1) is 11.8 Å². The quantitative estimate of drug-likeness (QED) is 0.831. The van der Waals surface area contributed by atoms with Gasteiger partial charge in [-0.2, -0.15) is 0 Å². The number of aliphatic hydroxyl groups is 1. The minimum absolute atomic E-state index is 0.187. The van der Waals surface area contributed by atoms with Crippen molar-refractivity contribution in [2.75, 3.05) is 0 Å². The first-order chi connectivity index (χ1) is 9.06. The first kappa shape index (κ1) is 14.1. The molecule has 2 aromatic rings. The molecule has 0 bridgehead atoms. The molecule has 2 rings (SSSR count). The molecule has 0 aliphatic rings. The Labute approximate surface area is 117 Å². The molecule has 0 aromatic heterocycles. The van der Waals surface area contributed by atoms with Gasteiger partial charge in [0.1, 0.15) is 5.82 Å². The zero-order valence-electron chi connectivity index (χ0n) is 11.1. The van der Waals surface area contributed by atoms with Crippen molar-refractivity contribution in [1.29, 1.82) is 0 Å². The number of hydrogen-bond donors (Lipinski definition) is 1. The van der Waals surface area contributed by atoms with Gasteiger partial charge in [-0.1, -0.05) is 18.2 Å². The van der Waals surface area contributed by atoms with E-state index in [4.69, 9.17) is 0 Å². The van der Waals surface area contributed by atoms with E-state index in [1.54, 1.807) is 24.8 Å². The number of aliphatic hydroxyl groups excluding tert-OH is 1. The Morgan fingerprint density at radius 3 is 2.42 bits per heavy atom. The maximum Gasteiger partial charge on any atom is 0.123 e. The van der Waals surface area contributed by atoms with Gasteiger partial charge in [-0.25, -0.2) is 4.39 Å². The van der Waals surface area contributed by atoms with Gasteiger partial charge in [0.15, 0.2) is 0 Å². The second-order valence-corrected chi connectivity index (χ2v) is 5.65. The van der Waals surface area contributed by atoms with Crippen molar-refractivity contribution in [3.8, 4) is 0 Å². The van der Waals surface area contributed by atoms with E-state index in [1.807, 2.05) is 37.3 Å². The Morgan fingerprint density at radius 1 is 1.16 bits per heavy atom. The SMILES string of the molecule is Cc1cc(F)ccc1CSc1ccc(C(C)O)cc1. The molecule has 0 heterocycles. The van der Waals surface area contributed by atoms with Gasteiger partial charge in [-0.3, -0.25) is 0 Å². The fourth-order valence-electron chi connectivity index (χ4n) is 1.82. The summed E-state index contributed by atoms with van der Waals surface area (Å²) in [6.07, 6.45) is -0.432. The topological polar surface area (TPSA) is 20.2 Å². The minimum atomic E-state index is -0.432. The summed E-state index contributed by atoms with van der Waals surface area (Å²) >= 11 is 1.71. The Morgan fingerprint density at radius 2 is 1.84 bits per heavy atom. The Kier molecular flexibility index (Phi) is 4.61. The van der Waals surface area contributed by atoms with Gasteiger partial charge < -0.3 is 5.11 Å². The molecule has 0 aliphatic carbocycles. The summed E-state index contributed by atoms with van der Waals surface area (Å²) in [5.41, 5.74) is 3.04. The largest absolute Gasteiger partial charge is 0.389 e. The lowest BCUT2D eigenvalue weighted by atomic mass is 10.1. The van der Waals surface area contributed by atoms with Gasteiger partial charge in [0.05, 0.1) is 6.10 Å². The fraction of sp³-hybridized carbons (Fsp3) is 0.250. The van der Waals surface area contributed by atoms with Gasteiger partial charge in [0.25, 0.3) is 0 Å². The van der Waals surface area contributed by atoms with Crippen molar-refractivity contribution in [1.82, 2.24) is 0 Å². The van der Waals surface area contributed by atoms with E-state index in [9.17, 15) is 9.50 Å². The zero-order valence-corrected chi connectivity index (χ0v) is 11.9. The third-order valence-electron chi connectivity index (χ3n) is 3.06. The van der Waals surface area contributed by atoms with Crippen molar-refractivity contribution < 1.29 is 9.50 Å². The summed E-state index contributed by atoms with van der Waals surface area (Å²) in [6, 6.07) is 12.8.